The Labute approximate surface area is 172 Å². The van der Waals surface area contributed by atoms with Crippen LogP contribution in [0.25, 0.3) is 0 Å². The van der Waals surface area contributed by atoms with Crippen LogP contribution >= 0.6 is 0 Å². The molecule has 4 rings (SSSR count). The van der Waals surface area contributed by atoms with Gasteiger partial charge in [0.15, 0.2) is 11.5 Å². The van der Waals surface area contributed by atoms with Crippen LogP contribution in [0.15, 0.2) is 75.0 Å². The molecule has 3 heterocycles. The Hall–Kier alpha value is -3.95. The molecular formula is C21H14F3NO6. The maximum Gasteiger partial charge on any atom is 0.573 e. The number of hydrogen-bond acceptors (Lipinski definition) is 6. The van der Waals surface area contributed by atoms with Gasteiger partial charge in [0, 0.05) is 5.69 Å². The summed E-state index contributed by atoms with van der Waals surface area (Å²) in [4.78, 5) is 26.9. The summed E-state index contributed by atoms with van der Waals surface area (Å²) in [6.07, 6.45) is -3.60. The molecule has 1 aromatic carbocycles. The molecule has 1 N–H and O–H groups in total. The van der Waals surface area contributed by atoms with Crippen LogP contribution in [0, 0.1) is 6.92 Å². The largest absolute Gasteiger partial charge is 0.573 e. The summed E-state index contributed by atoms with van der Waals surface area (Å²) in [6, 6.07) is 9.29. The van der Waals surface area contributed by atoms with E-state index in [0.717, 1.165) is 17.0 Å². The van der Waals surface area contributed by atoms with Gasteiger partial charge in [0.2, 0.25) is 5.78 Å². The Morgan fingerprint density at radius 3 is 2.39 bits per heavy atom. The number of hydrogen-bond donors (Lipinski definition) is 1. The minimum Gasteiger partial charge on any atom is -0.503 e. The number of ketones is 1. The molecule has 7 nitrogen and oxygen atoms in total. The van der Waals surface area contributed by atoms with Gasteiger partial charge < -0.3 is 18.7 Å². The molecule has 0 saturated heterocycles. The maximum atomic E-state index is 13.0. The van der Waals surface area contributed by atoms with E-state index in [9.17, 15) is 27.9 Å². The molecule has 10 heteroatoms. The summed E-state index contributed by atoms with van der Waals surface area (Å²) in [6.45, 7) is 1.66. The van der Waals surface area contributed by atoms with Crippen molar-refractivity contribution in [3.8, 4) is 5.75 Å². The van der Waals surface area contributed by atoms with E-state index < -0.39 is 35.6 Å². The van der Waals surface area contributed by atoms with Crippen LogP contribution in [0.4, 0.5) is 18.9 Å². The minimum atomic E-state index is -4.87. The van der Waals surface area contributed by atoms with E-state index in [1.807, 2.05) is 0 Å². The number of aryl methyl sites for hydroxylation is 1. The lowest BCUT2D eigenvalue weighted by molar-refractivity contribution is -0.274. The molecule has 0 radical (unpaired) electrons. The number of carbonyl (C=O) groups excluding carboxylic acids is 2. The van der Waals surface area contributed by atoms with E-state index in [-0.39, 0.29) is 22.8 Å². The Kier molecular flexibility index (Phi) is 4.84. The quantitative estimate of drug-likeness (QED) is 0.578. The molecule has 3 aromatic rings. The lowest BCUT2D eigenvalue weighted by Gasteiger charge is -2.25. The fourth-order valence-corrected chi connectivity index (χ4v) is 3.32. The first-order chi connectivity index (χ1) is 14.7. The van der Waals surface area contributed by atoms with Crippen molar-refractivity contribution in [1.82, 2.24) is 0 Å². The highest BCUT2D eigenvalue weighted by atomic mass is 19.4. The van der Waals surface area contributed by atoms with Crippen LogP contribution in [0.5, 0.6) is 5.75 Å². The van der Waals surface area contributed by atoms with E-state index in [1.54, 1.807) is 13.0 Å². The second kappa shape index (κ2) is 7.38. The molecule has 0 saturated carbocycles. The number of alkyl halides is 3. The number of aliphatic hydroxyl groups is 1. The minimum absolute atomic E-state index is 0.0987. The molecule has 1 atom stereocenters. The number of anilines is 1. The van der Waals surface area contributed by atoms with Crippen molar-refractivity contribution in [1.29, 1.82) is 0 Å². The van der Waals surface area contributed by atoms with Crippen molar-refractivity contribution in [2.24, 2.45) is 0 Å². The number of halogens is 3. The molecule has 160 valence electrons. The summed E-state index contributed by atoms with van der Waals surface area (Å²) in [7, 11) is 0. The van der Waals surface area contributed by atoms with Crippen LogP contribution < -0.4 is 9.64 Å². The maximum absolute atomic E-state index is 13.0. The zero-order valence-corrected chi connectivity index (χ0v) is 15.8. The summed E-state index contributed by atoms with van der Waals surface area (Å²) in [5, 5.41) is 10.5. The van der Waals surface area contributed by atoms with E-state index in [4.69, 9.17) is 8.83 Å². The third-order valence-electron chi connectivity index (χ3n) is 4.58. The van der Waals surface area contributed by atoms with Crippen LogP contribution in [0.2, 0.25) is 0 Å². The third-order valence-corrected chi connectivity index (χ3v) is 4.58. The number of ether oxygens (including phenoxy) is 1. The third kappa shape index (κ3) is 3.79. The van der Waals surface area contributed by atoms with Crippen molar-refractivity contribution in [3.63, 3.8) is 0 Å². The normalized spacial score (nSPS) is 16.8. The van der Waals surface area contributed by atoms with Gasteiger partial charge in [0.1, 0.15) is 23.3 Å². The number of Topliss-reactive ketones (excluding diaryl/α,β-unsaturated/α-hetero) is 1. The number of aliphatic hydroxyl groups excluding tert-OH is 1. The van der Waals surface area contributed by atoms with Gasteiger partial charge in [-0.1, -0.05) is 0 Å². The number of rotatable bonds is 5. The van der Waals surface area contributed by atoms with Gasteiger partial charge in [-0.3, -0.25) is 14.5 Å². The SMILES string of the molecule is Cc1ccc(C2C(C(=O)c3ccco3)=C(O)C(=O)N2c2ccc(OC(F)(F)F)cc2)o1. The molecule has 0 aliphatic carbocycles. The van der Waals surface area contributed by atoms with Crippen LogP contribution in [0.1, 0.15) is 28.1 Å². The molecule has 0 spiro atoms. The van der Waals surface area contributed by atoms with E-state index >= 15 is 0 Å². The van der Waals surface area contributed by atoms with E-state index in [1.165, 1.54) is 36.6 Å². The first-order valence-electron chi connectivity index (χ1n) is 8.93. The Morgan fingerprint density at radius 1 is 1.13 bits per heavy atom. The molecule has 1 amide bonds. The predicted octanol–water partition coefficient (Wildman–Crippen LogP) is 4.86. The highest BCUT2D eigenvalue weighted by Gasteiger charge is 2.46. The van der Waals surface area contributed by atoms with Crippen molar-refractivity contribution in [2.75, 3.05) is 4.90 Å². The molecule has 2 aromatic heterocycles. The Bertz CT molecular complexity index is 1160. The van der Waals surface area contributed by atoms with Gasteiger partial charge in [-0.25, -0.2) is 0 Å². The lowest BCUT2D eigenvalue weighted by atomic mass is 9.99. The molecule has 1 unspecified atom stereocenters. The molecule has 0 bridgehead atoms. The molecule has 1 aliphatic heterocycles. The number of furan rings is 2. The van der Waals surface area contributed by atoms with Crippen molar-refractivity contribution >= 4 is 17.4 Å². The average molecular weight is 433 g/mol. The zero-order chi connectivity index (χ0) is 22.3. The smallest absolute Gasteiger partial charge is 0.503 e. The molecular weight excluding hydrogens is 419 g/mol. The number of carbonyl (C=O) groups is 2. The first-order valence-corrected chi connectivity index (χ1v) is 8.93. The van der Waals surface area contributed by atoms with Crippen molar-refractivity contribution < 1.29 is 41.4 Å². The van der Waals surface area contributed by atoms with Gasteiger partial charge in [0.05, 0.1) is 11.8 Å². The van der Waals surface area contributed by atoms with E-state index in [0.29, 0.717) is 5.76 Å². The van der Waals surface area contributed by atoms with Gasteiger partial charge >= 0.3 is 6.36 Å². The highest BCUT2D eigenvalue weighted by Crippen LogP contribution is 2.42. The van der Waals surface area contributed by atoms with Crippen LogP contribution in [0.3, 0.4) is 0 Å². The summed E-state index contributed by atoms with van der Waals surface area (Å²) in [5.41, 5.74) is -0.155. The fraction of sp³-hybridized carbons (Fsp3) is 0.143. The topological polar surface area (TPSA) is 93.1 Å². The number of nitrogens with zero attached hydrogens (tertiary/aromatic N) is 1. The summed E-state index contributed by atoms with van der Waals surface area (Å²) in [5.74, 6) is -2.37. The van der Waals surface area contributed by atoms with Crippen LogP contribution in [-0.2, 0) is 4.79 Å². The Morgan fingerprint density at radius 2 is 1.84 bits per heavy atom. The first kappa shape index (κ1) is 20.3. The number of amides is 1. The molecule has 1 aliphatic rings. The van der Waals surface area contributed by atoms with Gasteiger partial charge in [0.25, 0.3) is 5.91 Å². The van der Waals surface area contributed by atoms with Crippen molar-refractivity contribution in [3.05, 3.63) is 83.4 Å². The van der Waals surface area contributed by atoms with Crippen LogP contribution in [-0.4, -0.2) is 23.2 Å². The highest BCUT2D eigenvalue weighted by molar-refractivity contribution is 6.20. The summed E-state index contributed by atoms with van der Waals surface area (Å²) >= 11 is 0. The number of benzene rings is 1. The average Bonchev–Trinajstić information content (AvgIpc) is 3.42. The Balaban J connectivity index is 1.77. The standard InChI is InChI=1S/C21H14F3NO6/c1-11-4-9-14(30-11)17-16(18(26)15-3-2-10-29-15)19(27)20(28)25(17)12-5-7-13(8-6-12)31-21(22,23)24/h2-10,17,27H,1H3. The van der Waals surface area contributed by atoms with Crippen molar-refractivity contribution in [2.45, 2.75) is 19.3 Å². The second-order valence-electron chi connectivity index (χ2n) is 6.64. The van der Waals surface area contributed by atoms with Gasteiger partial charge in [-0.2, -0.15) is 0 Å². The van der Waals surface area contributed by atoms with E-state index in [2.05, 4.69) is 4.74 Å². The zero-order valence-electron chi connectivity index (χ0n) is 15.8. The molecule has 31 heavy (non-hydrogen) atoms. The second-order valence-corrected chi connectivity index (χ2v) is 6.64. The van der Waals surface area contributed by atoms with Gasteiger partial charge in [-0.15, -0.1) is 13.2 Å². The monoisotopic (exact) mass is 433 g/mol. The molecule has 0 fully saturated rings. The lowest BCUT2D eigenvalue weighted by Crippen LogP contribution is -2.30. The summed E-state index contributed by atoms with van der Waals surface area (Å²) < 4.78 is 51.8. The fourth-order valence-electron chi connectivity index (χ4n) is 3.32. The predicted molar refractivity (Wildman–Crippen MR) is 99.5 cm³/mol. The van der Waals surface area contributed by atoms with Gasteiger partial charge in [-0.05, 0) is 55.5 Å².